The Morgan fingerprint density at radius 2 is 1.90 bits per heavy atom. The van der Waals surface area contributed by atoms with Gasteiger partial charge in [0, 0.05) is 41.7 Å². The first-order valence-electron chi connectivity index (χ1n) is 10.2. The van der Waals surface area contributed by atoms with Crippen molar-refractivity contribution in [1.29, 1.82) is 0 Å². The van der Waals surface area contributed by atoms with Crippen LogP contribution in [0.2, 0.25) is 0 Å². The molecule has 1 aromatic carbocycles. The molecule has 0 aliphatic carbocycles. The van der Waals surface area contributed by atoms with E-state index in [0.29, 0.717) is 16.4 Å². The van der Waals surface area contributed by atoms with Gasteiger partial charge in [0.2, 0.25) is 5.91 Å². The fourth-order valence-electron chi connectivity index (χ4n) is 3.31. The van der Waals surface area contributed by atoms with Crippen LogP contribution in [-0.2, 0) is 16.1 Å². The zero-order chi connectivity index (χ0) is 21.9. The van der Waals surface area contributed by atoms with Crippen molar-refractivity contribution in [3.05, 3.63) is 40.9 Å². The van der Waals surface area contributed by atoms with Gasteiger partial charge < -0.3 is 10.1 Å². The number of hydrogen-bond donors (Lipinski definition) is 2. The normalized spacial score (nSPS) is 20.0. The van der Waals surface area contributed by atoms with E-state index >= 15 is 0 Å². The highest BCUT2D eigenvalue weighted by Gasteiger charge is 2.23. The lowest BCUT2D eigenvalue weighted by atomic mass is 9.95. The van der Waals surface area contributed by atoms with Gasteiger partial charge in [0.15, 0.2) is 5.13 Å². The summed E-state index contributed by atoms with van der Waals surface area (Å²) in [6, 6.07) is 6.91. The maximum Gasteiger partial charge on any atom is 0.257 e. The molecule has 162 valence electrons. The molecular weight excluding hydrogens is 400 g/mol. The number of hydrogen-bond acceptors (Lipinski definition) is 6. The molecule has 0 saturated carbocycles. The van der Waals surface area contributed by atoms with E-state index in [1.165, 1.54) is 11.3 Å². The zero-order valence-corrected chi connectivity index (χ0v) is 19.0. The molecule has 1 aliphatic heterocycles. The van der Waals surface area contributed by atoms with Crippen LogP contribution in [0.3, 0.4) is 0 Å². The number of rotatable bonds is 5. The lowest BCUT2D eigenvalue weighted by Crippen LogP contribution is -2.44. The minimum atomic E-state index is -0.508. The molecule has 1 aliphatic rings. The van der Waals surface area contributed by atoms with Crippen molar-refractivity contribution in [2.45, 2.75) is 53.4 Å². The molecule has 1 fully saturated rings. The number of carbonyl (C=O) groups is 2. The number of anilines is 2. The van der Waals surface area contributed by atoms with E-state index < -0.39 is 5.41 Å². The monoisotopic (exact) mass is 430 g/mol. The number of carbonyl (C=O) groups excluding carboxylic acids is 2. The van der Waals surface area contributed by atoms with Crippen molar-refractivity contribution in [1.82, 2.24) is 9.88 Å². The number of benzene rings is 1. The molecule has 2 heterocycles. The van der Waals surface area contributed by atoms with Crippen LogP contribution >= 0.6 is 11.3 Å². The lowest BCUT2D eigenvalue weighted by molar-refractivity contribution is -0.123. The topological polar surface area (TPSA) is 83.6 Å². The maximum atomic E-state index is 12.7. The number of morpholine rings is 1. The molecule has 1 saturated heterocycles. The highest BCUT2D eigenvalue weighted by Crippen LogP contribution is 2.21. The highest BCUT2D eigenvalue weighted by molar-refractivity contribution is 7.14. The van der Waals surface area contributed by atoms with Crippen molar-refractivity contribution in [3.8, 4) is 0 Å². The molecule has 7 nitrogen and oxygen atoms in total. The predicted octanol–water partition coefficient (Wildman–Crippen LogP) is 3.99. The van der Waals surface area contributed by atoms with Gasteiger partial charge in [-0.15, -0.1) is 11.3 Å². The number of ether oxygens (including phenoxy) is 1. The average Bonchev–Trinajstić information content (AvgIpc) is 3.07. The smallest absolute Gasteiger partial charge is 0.257 e. The van der Waals surface area contributed by atoms with Gasteiger partial charge >= 0.3 is 0 Å². The molecule has 8 heteroatoms. The fraction of sp³-hybridized carbons (Fsp3) is 0.500. The largest absolute Gasteiger partial charge is 0.373 e. The van der Waals surface area contributed by atoms with Gasteiger partial charge in [-0.2, -0.15) is 0 Å². The Labute approximate surface area is 181 Å². The Morgan fingerprint density at radius 1 is 1.20 bits per heavy atom. The number of thiazole rings is 1. The molecule has 2 aromatic rings. The van der Waals surface area contributed by atoms with Gasteiger partial charge in [0.1, 0.15) is 0 Å². The highest BCUT2D eigenvalue weighted by atomic mass is 32.1. The second-order valence-corrected chi connectivity index (χ2v) is 9.69. The average molecular weight is 431 g/mol. The Hall–Kier alpha value is -2.29. The summed E-state index contributed by atoms with van der Waals surface area (Å²) in [5, 5.41) is 8.24. The molecule has 2 amide bonds. The van der Waals surface area contributed by atoms with E-state index in [4.69, 9.17) is 4.74 Å². The van der Waals surface area contributed by atoms with E-state index in [2.05, 4.69) is 34.4 Å². The molecule has 0 radical (unpaired) electrons. The van der Waals surface area contributed by atoms with Crippen molar-refractivity contribution >= 4 is 34.0 Å². The predicted molar refractivity (Wildman–Crippen MR) is 120 cm³/mol. The Balaban J connectivity index is 1.60. The van der Waals surface area contributed by atoms with Crippen LogP contribution in [0.5, 0.6) is 0 Å². The molecule has 2 atom stereocenters. The van der Waals surface area contributed by atoms with Crippen LogP contribution in [0, 0.1) is 5.41 Å². The summed E-state index contributed by atoms with van der Waals surface area (Å²) in [5.41, 5.74) is 1.49. The number of nitrogens with one attached hydrogen (secondary N) is 2. The van der Waals surface area contributed by atoms with Gasteiger partial charge in [-0.05, 0) is 32.0 Å². The molecule has 2 N–H and O–H groups in total. The van der Waals surface area contributed by atoms with Crippen molar-refractivity contribution in [3.63, 3.8) is 0 Å². The Kier molecular flexibility index (Phi) is 6.90. The van der Waals surface area contributed by atoms with E-state index in [1.54, 1.807) is 24.3 Å². The van der Waals surface area contributed by atoms with Crippen molar-refractivity contribution in [2.75, 3.05) is 23.7 Å². The van der Waals surface area contributed by atoms with Gasteiger partial charge in [-0.25, -0.2) is 4.98 Å². The summed E-state index contributed by atoms with van der Waals surface area (Å²) >= 11 is 1.41. The maximum absolute atomic E-state index is 12.7. The fourth-order valence-corrected chi connectivity index (χ4v) is 4.00. The summed E-state index contributed by atoms with van der Waals surface area (Å²) in [5.74, 6) is -0.354. The minimum absolute atomic E-state index is 0.101. The SMILES string of the molecule is C[C@@H]1CN(Cc2csc(NC(=O)c3cccc(NC(=O)C(C)(C)C)c3)n2)C[C@H](C)O1. The number of nitrogens with zero attached hydrogens (tertiary/aromatic N) is 2. The zero-order valence-electron chi connectivity index (χ0n) is 18.2. The van der Waals surface area contributed by atoms with Crippen LogP contribution in [-0.4, -0.2) is 47.0 Å². The van der Waals surface area contributed by atoms with Crippen molar-refractivity contribution < 1.29 is 14.3 Å². The van der Waals surface area contributed by atoms with Crippen LogP contribution < -0.4 is 10.6 Å². The van der Waals surface area contributed by atoms with Crippen LogP contribution in [0.4, 0.5) is 10.8 Å². The van der Waals surface area contributed by atoms with Gasteiger partial charge in [-0.1, -0.05) is 26.8 Å². The molecule has 0 bridgehead atoms. The summed E-state index contributed by atoms with van der Waals surface area (Å²) in [7, 11) is 0. The first-order chi connectivity index (χ1) is 14.1. The first kappa shape index (κ1) is 22.4. The van der Waals surface area contributed by atoms with Gasteiger partial charge in [0.25, 0.3) is 5.91 Å². The Morgan fingerprint density at radius 3 is 2.57 bits per heavy atom. The van der Waals surface area contributed by atoms with Gasteiger partial charge in [-0.3, -0.25) is 19.8 Å². The first-order valence-corrected chi connectivity index (χ1v) is 11.0. The molecule has 1 aromatic heterocycles. The summed E-state index contributed by atoms with van der Waals surface area (Å²) in [6.45, 7) is 12.2. The Bertz CT molecular complexity index is 896. The molecule has 0 unspecified atom stereocenters. The van der Waals surface area contributed by atoms with Crippen LogP contribution in [0.1, 0.15) is 50.7 Å². The van der Waals surface area contributed by atoms with E-state index in [-0.39, 0.29) is 24.0 Å². The molecule has 30 heavy (non-hydrogen) atoms. The van der Waals surface area contributed by atoms with E-state index in [1.807, 2.05) is 26.2 Å². The molecule has 3 rings (SSSR count). The second-order valence-electron chi connectivity index (χ2n) is 8.83. The van der Waals surface area contributed by atoms with Crippen LogP contribution in [0.15, 0.2) is 29.6 Å². The lowest BCUT2D eigenvalue weighted by Gasteiger charge is -2.34. The standard InChI is InChI=1S/C22H30N4O3S/c1-14-10-26(11-15(2)29-14)12-18-13-30-21(24-18)25-19(27)16-7-6-8-17(9-16)23-20(28)22(3,4)5/h6-9,13-15H,10-12H2,1-5H3,(H,23,28)(H,24,25,27)/t14-,15+. The third-order valence-electron chi connectivity index (χ3n) is 4.72. The van der Waals surface area contributed by atoms with Crippen molar-refractivity contribution in [2.24, 2.45) is 5.41 Å². The molecular formula is C22H30N4O3S. The van der Waals surface area contributed by atoms with E-state index in [0.717, 1.165) is 25.3 Å². The summed E-state index contributed by atoms with van der Waals surface area (Å²) < 4.78 is 5.77. The quantitative estimate of drug-likeness (QED) is 0.749. The molecule has 0 spiro atoms. The second kappa shape index (κ2) is 9.24. The summed E-state index contributed by atoms with van der Waals surface area (Å²) in [4.78, 5) is 31.7. The third-order valence-corrected chi connectivity index (χ3v) is 5.52. The third kappa shape index (κ3) is 6.10. The minimum Gasteiger partial charge on any atom is -0.373 e. The summed E-state index contributed by atoms with van der Waals surface area (Å²) in [6.07, 6.45) is 0.412. The van der Waals surface area contributed by atoms with Crippen LogP contribution in [0.25, 0.3) is 0 Å². The van der Waals surface area contributed by atoms with E-state index in [9.17, 15) is 9.59 Å². The number of aromatic nitrogens is 1. The number of amides is 2. The van der Waals surface area contributed by atoms with Gasteiger partial charge in [0.05, 0.1) is 17.9 Å².